The molecule has 1 saturated heterocycles. The Bertz CT molecular complexity index is 548. The Hall–Kier alpha value is -1.15. The highest BCUT2D eigenvalue weighted by Crippen LogP contribution is 2.26. The number of hydrogen-bond acceptors (Lipinski definition) is 6. The molecule has 0 spiro atoms. The standard InChI is InChI=1S/C13H23N3O4S/c1-10(2)12-14-13(20-15-12)16-7-5-11(6-8-16)4-3-9-21(17,18)19/h10-11H,3-9H2,1-2H3,(H,17,18,19). The summed E-state index contributed by atoms with van der Waals surface area (Å²) in [5.74, 6) is 1.32. The van der Waals surface area contributed by atoms with Crippen molar-refractivity contribution in [3.8, 4) is 0 Å². The lowest BCUT2D eigenvalue weighted by Crippen LogP contribution is -2.34. The minimum absolute atomic E-state index is 0.144. The van der Waals surface area contributed by atoms with Crippen LogP contribution in [0.4, 0.5) is 6.01 Å². The van der Waals surface area contributed by atoms with Crippen molar-refractivity contribution < 1.29 is 17.5 Å². The predicted molar refractivity (Wildman–Crippen MR) is 79.0 cm³/mol. The normalized spacial score (nSPS) is 17.6. The van der Waals surface area contributed by atoms with Crippen LogP contribution in [0.2, 0.25) is 0 Å². The van der Waals surface area contributed by atoms with Gasteiger partial charge in [-0.1, -0.05) is 19.0 Å². The molecule has 0 amide bonds. The number of anilines is 1. The van der Waals surface area contributed by atoms with Gasteiger partial charge < -0.3 is 9.42 Å². The van der Waals surface area contributed by atoms with Crippen LogP contribution in [-0.4, -0.2) is 42.0 Å². The van der Waals surface area contributed by atoms with Crippen LogP contribution in [0, 0.1) is 5.92 Å². The van der Waals surface area contributed by atoms with Gasteiger partial charge in [0.1, 0.15) is 0 Å². The Balaban J connectivity index is 1.77. The highest BCUT2D eigenvalue weighted by atomic mass is 32.2. The summed E-state index contributed by atoms with van der Waals surface area (Å²) in [5.41, 5.74) is 0. The molecule has 0 bridgehead atoms. The lowest BCUT2D eigenvalue weighted by molar-refractivity contribution is 0.346. The third kappa shape index (κ3) is 4.96. The largest absolute Gasteiger partial charge is 0.324 e. The minimum Gasteiger partial charge on any atom is -0.324 e. The Morgan fingerprint density at radius 3 is 2.57 bits per heavy atom. The Kier molecular flexibility index (Phi) is 5.21. The van der Waals surface area contributed by atoms with E-state index in [2.05, 4.69) is 15.0 Å². The summed E-state index contributed by atoms with van der Waals surface area (Å²) in [7, 11) is -3.83. The SMILES string of the molecule is CC(C)c1noc(N2CCC(CCCS(=O)(=O)O)CC2)n1. The van der Waals surface area contributed by atoms with E-state index in [1.54, 1.807) is 0 Å². The van der Waals surface area contributed by atoms with E-state index in [-0.39, 0.29) is 11.7 Å². The van der Waals surface area contributed by atoms with E-state index < -0.39 is 10.1 Å². The zero-order valence-electron chi connectivity index (χ0n) is 12.5. The molecule has 0 aromatic carbocycles. The van der Waals surface area contributed by atoms with Gasteiger partial charge in [-0.3, -0.25) is 4.55 Å². The van der Waals surface area contributed by atoms with Gasteiger partial charge in [0.05, 0.1) is 5.75 Å². The smallest absolute Gasteiger partial charge is 0.324 e. The second-order valence-corrected chi connectivity index (χ2v) is 7.52. The third-order valence-electron chi connectivity index (χ3n) is 3.85. The molecule has 0 aliphatic carbocycles. The Morgan fingerprint density at radius 1 is 1.38 bits per heavy atom. The van der Waals surface area contributed by atoms with E-state index in [0.29, 0.717) is 18.4 Å². The van der Waals surface area contributed by atoms with Crippen molar-refractivity contribution in [2.24, 2.45) is 5.92 Å². The van der Waals surface area contributed by atoms with Crippen LogP contribution < -0.4 is 4.90 Å². The molecule has 0 radical (unpaired) electrons. The predicted octanol–water partition coefficient (Wildman–Crippen LogP) is 2.08. The summed E-state index contributed by atoms with van der Waals surface area (Å²) in [6.45, 7) is 5.73. The summed E-state index contributed by atoms with van der Waals surface area (Å²) in [5, 5.41) is 3.96. The molecule has 1 aromatic rings. The molecule has 1 N–H and O–H groups in total. The van der Waals surface area contributed by atoms with Gasteiger partial charge in [0.25, 0.3) is 10.1 Å². The fourth-order valence-corrected chi connectivity index (χ4v) is 3.09. The molecule has 21 heavy (non-hydrogen) atoms. The molecule has 1 aliphatic heterocycles. The average Bonchev–Trinajstić information content (AvgIpc) is 2.88. The van der Waals surface area contributed by atoms with E-state index in [4.69, 9.17) is 9.08 Å². The van der Waals surface area contributed by atoms with E-state index in [1.807, 2.05) is 13.8 Å². The van der Waals surface area contributed by atoms with Crippen molar-refractivity contribution in [1.82, 2.24) is 10.1 Å². The van der Waals surface area contributed by atoms with Crippen LogP contribution in [0.3, 0.4) is 0 Å². The summed E-state index contributed by atoms with van der Waals surface area (Å²) in [6, 6.07) is 0.579. The van der Waals surface area contributed by atoms with Crippen LogP contribution in [0.15, 0.2) is 4.52 Å². The number of aromatic nitrogens is 2. The fraction of sp³-hybridized carbons (Fsp3) is 0.846. The van der Waals surface area contributed by atoms with Crippen LogP contribution in [0.1, 0.15) is 51.3 Å². The van der Waals surface area contributed by atoms with Crippen LogP contribution in [0.5, 0.6) is 0 Å². The lowest BCUT2D eigenvalue weighted by atomic mass is 9.93. The molecular weight excluding hydrogens is 294 g/mol. The lowest BCUT2D eigenvalue weighted by Gasteiger charge is -2.30. The third-order valence-corrected chi connectivity index (χ3v) is 4.65. The topological polar surface area (TPSA) is 96.5 Å². The van der Waals surface area contributed by atoms with Gasteiger partial charge in [0.15, 0.2) is 5.82 Å². The van der Waals surface area contributed by atoms with Crippen molar-refractivity contribution in [3.05, 3.63) is 5.82 Å². The Morgan fingerprint density at radius 2 is 2.05 bits per heavy atom. The number of rotatable bonds is 6. The maximum absolute atomic E-state index is 10.7. The summed E-state index contributed by atoms with van der Waals surface area (Å²) in [6.07, 6.45) is 3.30. The van der Waals surface area contributed by atoms with Crippen molar-refractivity contribution in [3.63, 3.8) is 0 Å². The van der Waals surface area contributed by atoms with Gasteiger partial charge in [-0.25, -0.2) is 0 Å². The average molecular weight is 317 g/mol. The molecule has 120 valence electrons. The first-order valence-corrected chi connectivity index (χ1v) is 9.00. The second-order valence-electron chi connectivity index (χ2n) is 5.95. The molecule has 2 heterocycles. The quantitative estimate of drug-likeness (QED) is 0.802. The monoisotopic (exact) mass is 317 g/mol. The zero-order chi connectivity index (χ0) is 15.5. The zero-order valence-corrected chi connectivity index (χ0v) is 13.3. The molecule has 1 aromatic heterocycles. The number of hydrogen-bond donors (Lipinski definition) is 1. The second kappa shape index (κ2) is 6.74. The molecule has 1 fully saturated rings. The number of nitrogens with zero attached hydrogens (tertiary/aromatic N) is 3. The first-order valence-electron chi connectivity index (χ1n) is 7.39. The van der Waals surface area contributed by atoms with Crippen molar-refractivity contribution in [1.29, 1.82) is 0 Å². The van der Waals surface area contributed by atoms with Crippen molar-refractivity contribution >= 4 is 16.1 Å². The van der Waals surface area contributed by atoms with E-state index in [1.165, 1.54) is 0 Å². The van der Waals surface area contributed by atoms with Gasteiger partial charge in [0, 0.05) is 19.0 Å². The number of piperidine rings is 1. The molecule has 1 aliphatic rings. The van der Waals surface area contributed by atoms with Gasteiger partial charge in [-0.2, -0.15) is 13.4 Å². The van der Waals surface area contributed by atoms with E-state index >= 15 is 0 Å². The summed E-state index contributed by atoms with van der Waals surface area (Å²) in [4.78, 5) is 6.47. The molecule has 2 rings (SSSR count). The summed E-state index contributed by atoms with van der Waals surface area (Å²) >= 11 is 0. The Labute approximate surface area is 125 Å². The molecule has 0 unspecified atom stereocenters. The highest BCUT2D eigenvalue weighted by Gasteiger charge is 2.23. The molecule has 0 atom stereocenters. The van der Waals surface area contributed by atoms with Gasteiger partial charge in [-0.15, -0.1) is 0 Å². The van der Waals surface area contributed by atoms with Crippen LogP contribution >= 0.6 is 0 Å². The summed E-state index contributed by atoms with van der Waals surface area (Å²) < 4.78 is 35.4. The van der Waals surface area contributed by atoms with Crippen molar-refractivity contribution in [2.75, 3.05) is 23.7 Å². The molecule has 8 heteroatoms. The maximum atomic E-state index is 10.7. The molecular formula is C13H23N3O4S. The minimum atomic E-state index is -3.83. The van der Waals surface area contributed by atoms with Gasteiger partial charge >= 0.3 is 6.01 Å². The fourth-order valence-electron chi connectivity index (χ4n) is 2.56. The maximum Gasteiger partial charge on any atom is 0.324 e. The first kappa shape index (κ1) is 16.2. The first-order chi connectivity index (χ1) is 9.85. The van der Waals surface area contributed by atoms with Crippen LogP contribution in [-0.2, 0) is 10.1 Å². The van der Waals surface area contributed by atoms with E-state index in [0.717, 1.165) is 38.2 Å². The molecule has 7 nitrogen and oxygen atoms in total. The van der Waals surface area contributed by atoms with Gasteiger partial charge in [-0.05, 0) is 31.6 Å². The van der Waals surface area contributed by atoms with E-state index in [9.17, 15) is 8.42 Å². The van der Waals surface area contributed by atoms with Crippen LogP contribution in [0.25, 0.3) is 0 Å². The molecule has 0 saturated carbocycles. The highest BCUT2D eigenvalue weighted by molar-refractivity contribution is 7.85. The van der Waals surface area contributed by atoms with Gasteiger partial charge in [0.2, 0.25) is 0 Å². The van der Waals surface area contributed by atoms with Crippen molar-refractivity contribution in [2.45, 2.75) is 45.4 Å².